The molecule has 6 aliphatic rings. The van der Waals surface area contributed by atoms with Gasteiger partial charge < -0.3 is 14.7 Å². The number of benzene rings is 1. The fraction of sp³-hybridized carbons (Fsp3) is 0.778. The first kappa shape index (κ1) is 42.9. The topological polar surface area (TPSA) is 9.72 Å². The Morgan fingerprint density at radius 1 is 0.421 bits per heavy atom. The Balaban J connectivity index is 0.973. The molecule has 7 rings (SSSR count). The maximum Gasteiger partial charge on any atom is 0.0270 e. The van der Waals surface area contributed by atoms with Crippen LogP contribution in [0.3, 0.4) is 0 Å². The highest BCUT2D eigenvalue weighted by Crippen LogP contribution is 2.65. The molecule has 6 bridgehead atoms. The Kier molecular flexibility index (Phi) is 12.0. The van der Waals surface area contributed by atoms with Gasteiger partial charge in [0.05, 0.1) is 0 Å². The van der Waals surface area contributed by atoms with Crippen molar-refractivity contribution in [2.24, 2.45) is 51.8 Å². The summed E-state index contributed by atoms with van der Waals surface area (Å²) in [6, 6.07) is 6.61. The Morgan fingerprint density at radius 2 is 0.667 bits per heavy atom. The molecule has 0 N–H and O–H groups in total. The van der Waals surface area contributed by atoms with Crippen LogP contribution in [-0.4, -0.2) is 72.1 Å². The van der Waals surface area contributed by atoms with E-state index >= 15 is 0 Å². The standard InChI is InChI=1S/C54H81N3/c1-49(2)43-25-28-46(37-43)52(49,7)55(10)31-19-13-16-22-40-34-41(23-17-14-20-32-56(11)53(8)47-29-26-44(38-47)50(53,3)4)36-42(35-40)24-18-15-21-33-57(12)54(9)48-30-27-45(39-48)51(54,5)6/h34-36,43-48H,13-15,19-21,25-33,37-39H2,1-12H3/t43-,44-,45-,46-,47-,48-,52+,53+,54+/m1/s1. The fourth-order valence-electron chi connectivity index (χ4n) is 14.9. The van der Waals surface area contributed by atoms with Gasteiger partial charge in [0.2, 0.25) is 0 Å². The smallest absolute Gasteiger partial charge is 0.0270 e. The molecule has 1 aromatic carbocycles. The zero-order chi connectivity index (χ0) is 41.0. The number of fused-ring (bicyclic) bond motifs is 6. The summed E-state index contributed by atoms with van der Waals surface area (Å²) in [7, 11) is 7.12. The number of rotatable bonds is 12. The lowest BCUT2D eigenvalue weighted by atomic mass is 9.63. The molecular weight excluding hydrogens is 691 g/mol. The van der Waals surface area contributed by atoms with Crippen LogP contribution in [0.2, 0.25) is 0 Å². The Hall–Kier alpha value is -2.22. The van der Waals surface area contributed by atoms with E-state index in [1.807, 2.05) is 0 Å². The van der Waals surface area contributed by atoms with Gasteiger partial charge in [-0.05, 0) is 209 Å². The van der Waals surface area contributed by atoms with Crippen molar-refractivity contribution in [2.45, 2.75) is 175 Å². The number of hydrogen-bond acceptors (Lipinski definition) is 3. The average molecular weight is 772 g/mol. The van der Waals surface area contributed by atoms with Crippen LogP contribution in [0.15, 0.2) is 18.2 Å². The van der Waals surface area contributed by atoms with Crippen molar-refractivity contribution in [3.63, 3.8) is 0 Å². The Morgan fingerprint density at radius 3 is 0.895 bits per heavy atom. The molecule has 3 heteroatoms. The highest BCUT2D eigenvalue weighted by Gasteiger charge is 2.63. The minimum atomic E-state index is 0.296. The second-order valence-electron chi connectivity index (χ2n) is 22.5. The predicted octanol–water partition coefficient (Wildman–Crippen LogP) is 11.5. The van der Waals surface area contributed by atoms with Gasteiger partial charge in [0.1, 0.15) is 0 Å². The van der Waals surface area contributed by atoms with E-state index in [0.29, 0.717) is 32.9 Å². The first-order chi connectivity index (χ1) is 26.9. The highest BCUT2D eigenvalue weighted by molar-refractivity contribution is 5.51. The van der Waals surface area contributed by atoms with Crippen molar-refractivity contribution >= 4 is 0 Å². The number of unbranched alkanes of at least 4 members (excludes halogenated alkanes) is 3. The molecule has 1 aromatic rings. The third kappa shape index (κ3) is 7.17. The van der Waals surface area contributed by atoms with E-state index in [2.05, 4.69) is 152 Å². The lowest BCUT2D eigenvalue weighted by Gasteiger charge is -2.53. The maximum absolute atomic E-state index is 3.56. The van der Waals surface area contributed by atoms with E-state index in [4.69, 9.17) is 0 Å². The number of nitrogens with zero attached hydrogens (tertiary/aromatic N) is 3. The minimum Gasteiger partial charge on any atom is -0.300 e. The lowest BCUT2D eigenvalue weighted by molar-refractivity contribution is -0.0306. The molecule has 0 radical (unpaired) electrons. The SMILES string of the molecule is CN(CCCC#Cc1cc(C#CCCCN(C)[C@@]2(C)[C@@H]3CC[C@H](C3)C2(C)C)cc(C#CCCCN(C)[C@@]2(C)[C@@H]3CC[C@H](C3)C2(C)C)c1)[C@@]1(C)[C@@H]2CC[C@H](C2)C1(C)C. The first-order valence-electron chi connectivity index (χ1n) is 23.6. The quantitative estimate of drug-likeness (QED) is 0.155. The van der Waals surface area contributed by atoms with Crippen molar-refractivity contribution in [3.05, 3.63) is 34.9 Å². The summed E-state index contributed by atoms with van der Waals surface area (Å²) in [5.41, 5.74) is 5.20. The molecular formula is C54H81N3. The van der Waals surface area contributed by atoms with E-state index < -0.39 is 0 Å². The average Bonchev–Trinajstić information content (AvgIpc) is 4.02. The van der Waals surface area contributed by atoms with Crippen LogP contribution < -0.4 is 0 Å². The van der Waals surface area contributed by atoms with Gasteiger partial charge in [-0.2, -0.15) is 0 Å². The first-order valence-corrected chi connectivity index (χ1v) is 23.6. The molecule has 57 heavy (non-hydrogen) atoms. The normalized spacial score (nSPS) is 36.1. The van der Waals surface area contributed by atoms with Gasteiger partial charge >= 0.3 is 0 Å². The zero-order valence-electron chi connectivity index (χ0n) is 38.8. The van der Waals surface area contributed by atoms with Crippen molar-refractivity contribution < 1.29 is 0 Å². The van der Waals surface area contributed by atoms with Gasteiger partial charge in [-0.15, -0.1) is 0 Å². The molecule has 0 aliphatic heterocycles. The van der Waals surface area contributed by atoms with Crippen LogP contribution in [0, 0.1) is 87.3 Å². The molecule has 0 unspecified atom stereocenters. The molecule has 6 fully saturated rings. The van der Waals surface area contributed by atoms with Crippen LogP contribution in [0.25, 0.3) is 0 Å². The monoisotopic (exact) mass is 772 g/mol. The predicted molar refractivity (Wildman–Crippen MR) is 242 cm³/mol. The molecule has 3 nitrogen and oxygen atoms in total. The Bertz CT molecular complexity index is 1600. The van der Waals surface area contributed by atoms with E-state index in [1.54, 1.807) is 0 Å². The largest absolute Gasteiger partial charge is 0.300 e. The molecule has 6 aliphatic carbocycles. The van der Waals surface area contributed by atoms with Crippen LogP contribution in [0.5, 0.6) is 0 Å². The summed E-state index contributed by atoms with van der Waals surface area (Å²) in [5.74, 6) is 26.5. The van der Waals surface area contributed by atoms with Gasteiger partial charge in [-0.3, -0.25) is 0 Å². The van der Waals surface area contributed by atoms with Crippen molar-refractivity contribution in [1.29, 1.82) is 0 Å². The second-order valence-corrected chi connectivity index (χ2v) is 22.5. The molecule has 0 saturated heterocycles. The summed E-state index contributed by atoms with van der Waals surface area (Å²) in [6.45, 7) is 26.2. The molecule has 6 saturated carbocycles. The van der Waals surface area contributed by atoms with E-state index in [-0.39, 0.29) is 0 Å². The third-order valence-corrected chi connectivity index (χ3v) is 20.1. The van der Waals surface area contributed by atoms with Gasteiger partial charge in [0.25, 0.3) is 0 Å². The van der Waals surface area contributed by atoms with Crippen molar-refractivity contribution in [2.75, 3.05) is 40.8 Å². The fourth-order valence-corrected chi connectivity index (χ4v) is 14.9. The van der Waals surface area contributed by atoms with Gasteiger partial charge in [-0.1, -0.05) is 77.1 Å². The van der Waals surface area contributed by atoms with Crippen molar-refractivity contribution in [3.8, 4) is 35.5 Å². The Labute approximate surface area is 351 Å². The highest BCUT2D eigenvalue weighted by atomic mass is 15.2. The summed E-state index contributed by atoms with van der Waals surface area (Å²) in [6.07, 6.45) is 18.8. The van der Waals surface area contributed by atoms with E-state index in [1.165, 1.54) is 57.8 Å². The molecule has 0 heterocycles. The molecule has 0 spiro atoms. The zero-order valence-corrected chi connectivity index (χ0v) is 38.8. The molecule has 9 atom stereocenters. The van der Waals surface area contributed by atoms with Crippen LogP contribution >= 0.6 is 0 Å². The minimum absolute atomic E-state index is 0.296. The van der Waals surface area contributed by atoms with Gasteiger partial charge in [-0.25, -0.2) is 0 Å². The van der Waals surface area contributed by atoms with E-state index in [9.17, 15) is 0 Å². The summed E-state index contributed by atoms with van der Waals surface area (Å²) in [4.78, 5) is 8.07. The lowest BCUT2D eigenvalue weighted by Crippen LogP contribution is -2.58. The van der Waals surface area contributed by atoms with Crippen LogP contribution in [0.1, 0.15) is 175 Å². The second kappa shape index (κ2) is 16.0. The maximum atomic E-state index is 3.56. The van der Waals surface area contributed by atoms with Gasteiger partial charge in [0, 0.05) is 52.6 Å². The van der Waals surface area contributed by atoms with Crippen LogP contribution in [0.4, 0.5) is 0 Å². The third-order valence-electron chi connectivity index (χ3n) is 20.1. The van der Waals surface area contributed by atoms with E-state index in [0.717, 1.165) is 110 Å². The van der Waals surface area contributed by atoms with Gasteiger partial charge in [0.15, 0.2) is 0 Å². The molecule has 312 valence electrons. The van der Waals surface area contributed by atoms with Crippen LogP contribution in [-0.2, 0) is 0 Å². The molecule has 0 amide bonds. The van der Waals surface area contributed by atoms with Crippen molar-refractivity contribution in [1.82, 2.24) is 14.7 Å². The molecule has 0 aromatic heterocycles. The summed E-state index contributed by atoms with van der Waals surface area (Å²) in [5, 5.41) is 0. The number of hydrogen-bond donors (Lipinski definition) is 0. The summed E-state index contributed by atoms with van der Waals surface area (Å²) >= 11 is 0. The summed E-state index contributed by atoms with van der Waals surface area (Å²) < 4.78 is 0.